The van der Waals surface area contributed by atoms with Crippen LogP contribution in [-0.2, 0) is 0 Å². The van der Waals surface area contributed by atoms with E-state index in [-0.39, 0.29) is 12.5 Å². The number of aliphatic hydroxyl groups excluding tert-OH is 2. The lowest BCUT2D eigenvalue weighted by atomic mass is 10.1. The van der Waals surface area contributed by atoms with Crippen LogP contribution in [-0.4, -0.2) is 35.4 Å². The maximum Gasteiger partial charge on any atom is 0.251 e. The van der Waals surface area contributed by atoms with Gasteiger partial charge in [-0.25, -0.2) is 0 Å². The van der Waals surface area contributed by atoms with Gasteiger partial charge in [-0.1, -0.05) is 0 Å². The highest BCUT2D eigenvalue weighted by Crippen LogP contribution is 2.02. The predicted octanol–water partition coefficient (Wildman–Crippen LogP) is -0.359. The second-order valence-corrected chi connectivity index (χ2v) is 3.24. The van der Waals surface area contributed by atoms with Gasteiger partial charge in [-0.2, -0.15) is 5.26 Å². The summed E-state index contributed by atoms with van der Waals surface area (Å²) in [5.41, 5.74) is 0.885. The summed E-state index contributed by atoms with van der Waals surface area (Å²) in [6, 6.07) is 8.08. The molecule has 1 atom stereocenters. The molecule has 0 aliphatic heterocycles. The Bertz CT molecular complexity index is 395. The molecule has 3 N–H and O–H groups in total. The molecular weight excluding hydrogens is 208 g/mol. The van der Waals surface area contributed by atoms with E-state index in [0.29, 0.717) is 11.1 Å². The second kappa shape index (κ2) is 5.85. The molecule has 0 bridgehead atoms. The van der Waals surface area contributed by atoms with Gasteiger partial charge in [-0.05, 0) is 24.3 Å². The Morgan fingerprint density at radius 3 is 2.56 bits per heavy atom. The molecule has 0 fully saturated rings. The molecule has 0 aliphatic rings. The van der Waals surface area contributed by atoms with Gasteiger partial charge in [0.15, 0.2) is 0 Å². The van der Waals surface area contributed by atoms with E-state index in [1.807, 2.05) is 6.07 Å². The Kier molecular flexibility index (Phi) is 4.45. The third-order valence-corrected chi connectivity index (χ3v) is 1.99. The van der Waals surface area contributed by atoms with Crippen molar-refractivity contribution in [1.82, 2.24) is 5.32 Å². The Hall–Kier alpha value is -1.90. The van der Waals surface area contributed by atoms with Crippen molar-refractivity contribution < 1.29 is 15.0 Å². The zero-order valence-corrected chi connectivity index (χ0v) is 8.55. The van der Waals surface area contributed by atoms with E-state index in [1.54, 1.807) is 0 Å². The van der Waals surface area contributed by atoms with Gasteiger partial charge in [-0.3, -0.25) is 4.79 Å². The van der Waals surface area contributed by atoms with Gasteiger partial charge >= 0.3 is 0 Å². The van der Waals surface area contributed by atoms with E-state index in [1.165, 1.54) is 24.3 Å². The zero-order valence-electron chi connectivity index (χ0n) is 8.55. The number of nitrogens with one attached hydrogen (secondary N) is 1. The molecule has 0 saturated carbocycles. The lowest BCUT2D eigenvalue weighted by molar-refractivity contribution is 0.0802. The molecule has 1 aromatic rings. The van der Waals surface area contributed by atoms with E-state index >= 15 is 0 Å². The van der Waals surface area contributed by atoms with Crippen molar-refractivity contribution in [3.8, 4) is 6.07 Å². The number of nitrogens with zero attached hydrogens (tertiary/aromatic N) is 1. The number of amides is 1. The van der Waals surface area contributed by atoms with Crippen LogP contribution in [0.4, 0.5) is 0 Å². The van der Waals surface area contributed by atoms with Crippen LogP contribution in [0.3, 0.4) is 0 Å². The molecule has 1 rings (SSSR count). The van der Waals surface area contributed by atoms with Gasteiger partial charge in [0, 0.05) is 12.1 Å². The van der Waals surface area contributed by atoms with Crippen molar-refractivity contribution in [3.63, 3.8) is 0 Å². The minimum atomic E-state index is -0.956. The molecule has 0 aliphatic carbocycles. The highest BCUT2D eigenvalue weighted by atomic mass is 16.3. The fourth-order valence-corrected chi connectivity index (χ4v) is 1.07. The summed E-state index contributed by atoms with van der Waals surface area (Å²) in [5.74, 6) is -0.350. The van der Waals surface area contributed by atoms with Crippen LogP contribution < -0.4 is 5.32 Å². The lowest BCUT2D eigenvalue weighted by Gasteiger charge is -2.08. The smallest absolute Gasteiger partial charge is 0.251 e. The van der Waals surface area contributed by atoms with Gasteiger partial charge in [-0.15, -0.1) is 0 Å². The van der Waals surface area contributed by atoms with E-state index in [2.05, 4.69) is 5.32 Å². The summed E-state index contributed by atoms with van der Waals surface area (Å²) in [7, 11) is 0. The first kappa shape index (κ1) is 12.2. The van der Waals surface area contributed by atoms with Crippen molar-refractivity contribution in [3.05, 3.63) is 35.4 Å². The van der Waals surface area contributed by atoms with Crippen LogP contribution in [0.5, 0.6) is 0 Å². The number of carbonyl (C=O) groups is 1. The molecule has 0 aromatic heterocycles. The van der Waals surface area contributed by atoms with Gasteiger partial charge in [0.25, 0.3) is 5.91 Å². The molecule has 1 aromatic carbocycles. The van der Waals surface area contributed by atoms with Crippen LogP contribution >= 0.6 is 0 Å². The van der Waals surface area contributed by atoms with Gasteiger partial charge in [0.2, 0.25) is 0 Å². The standard InChI is InChI=1S/C11H12N2O3/c12-5-8-1-3-9(4-2-8)11(16)13-6-10(15)7-14/h1-4,10,14-15H,6-7H2,(H,13,16). The average Bonchev–Trinajstić information content (AvgIpc) is 2.35. The Balaban J connectivity index is 2.57. The summed E-state index contributed by atoms with van der Waals surface area (Å²) in [6.45, 7) is -0.400. The molecule has 5 nitrogen and oxygen atoms in total. The minimum Gasteiger partial charge on any atom is -0.394 e. The molecule has 84 valence electrons. The van der Waals surface area contributed by atoms with Gasteiger partial charge in [0.05, 0.1) is 24.3 Å². The number of hydrogen-bond donors (Lipinski definition) is 3. The molecule has 5 heteroatoms. The van der Waals surface area contributed by atoms with Crippen LogP contribution in [0, 0.1) is 11.3 Å². The number of carbonyl (C=O) groups excluding carboxylic acids is 1. The third-order valence-electron chi connectivity index (χ3n) is 1.99. The van der Waals surface area contributed by atoms with Crippen LogP contribution in [0.15, 0.2) is 24.3 Å². The van der Waals surface area contributed by atoms with Crippen molar-refractivity contribution in [2.45, 2.75) is 6.10 Å². The quantitative estimate of drug-likeness (QED) is 0.646. The monoisotopic (exact) mass is 220 g/mol. The van der Waals surface area contributed by atoms with Gasteiger partial charge in [0.1, 0.15) is 0 Å². The molecule has 0 radical (unpaired) electrons. The summed E-state index contributed by atoms with van der Waals surface area (Å²) in [5, 5.41) is 28.6. The number of benzene rings is 1. The van der Waals surface area contributed by atoms with Crippen LogP contribution in [0.1, 0.15) is 15.9 Å². The first-order valence-electron chi connectivity index (χ1n) is 4.74. The fourth-order valence-electron chi connectivity index (χ4n) is 1.07. The maximum absolute atomic E-state index is 11.5. The molecule has 0 spiro atoms. The molecule has 0 saturated heterocycles. The summed E-state index contributed by atoms with van der Waals surface area (Å²) < 4.78 is 0. The van der Waals surface area contributed by atoms with Crippen molar-refractivity contribution in [1.29, 1.82) is 5.26 Å². The van der Waals surface area contributed by atoms with E-state index < -0.39 is 12.7 Å². The third kappa shape index (κ3) is 3.35. The van der Waals surface area contributed by atoms with Crippen LogP contribution in [0.25, 0.3) is 0 Å². The lowest BCUT2D eigenvalue weighted by Crippen LogP contribution is -2.33. The van der Waals surface area contributed by atoms with Crippen molar-refractivity contribution in [2.75, 3.05) is 13.2 Å². The predicted molar refractivity (Wildman–Crippen MR) is 56.6 cm³/mol. The summed E-state index contributed by atoms with van der Waals surface area (Å²) in [6.07, 6.45) is -0.956. The molecule has 16 heavy (non-hydrogen) atoms. The van der Waals surface area contributed by atoms with Crippen molar-refractivity contribution in [2.24, 2.45) is 0 Å². The summed E-state index contributed by atoms with van der Waals surface area (Å²) >= 11 is 0. The fraction of sp³-hybridized carbons (Fsp3) is 0.273. The maximum atomic E-state index is 11.5. The largest absolute Gasteiger partial charge is 0.394 e. The molecule has 1 unspecified atom stereocenters. The number of aliphatic hydroxyl groups is 2. The van der Waals surface area contributed by atoms with E-state index in [9.17, 15) is 4.79 Å². The highest BCUT2D eigenvalue weighted by molar-refractivity contribution is 5.94. The zero-order chi connectivity index (χ0) is 12.0. The molecule has 1 amide bonds. The first-order valence-corrected chi connectivity index (χ1v) is 4.74. The Labute approximate surface area is 92.9 Å². The highest BCUT2D eigenvalue weighted by Gasteiger charge is 2.07. The first-order chi connectivity index (χ1) is 7.67. The minimum absolute atomic E-state index is 0.00463. The normalized spacial score (nSPS) is 11.6. The van der Waals surface area contributed by atoms with Crippen LogP contribution in [0.2, 0.25) is 0 Å². The van der Waals surface area contributed by atoms with E-state index in [4.69, 9.17) is 15.5 Å². The topological polar surface area (TPSA) is 93.4 Å². The number of hydrogen-bond acceptors (Lipinski definition) is 4. The SMILES string of the molecule is N#Cc1ccc(C(=O)NCC(O)CO)cc1. The van der Waals surface area contributed by atoms with E-state index in [0.717, 1.165) is 0 Å². The molecule has 0 heterocycles. The number of nitriles is 1. The average molecular weight is 220 g/mol. The second-order valence-electron chi connectivity index (χ2n) is 3.24. The Morgan fingerprint density at radius 2 is 2.06 bits per heavy atom. The van der Waals surface area contributed by atoms with Crippen molar-refractivity contribution >= 4 is 5.91 Å². The van der Waals surface area contributed by atoms with Gasteiger partial charge < -0.3 is 15.5 Å². The Morgan fingerprint density at radius 1 is 1.44 bits per heavy atom. The summed E-state index contributed by atoms with van der Waals surface area (Å²) in [4.78, 5) is 11.5. The molecular formula is C11H12N2O3. The number of rotatable bonds is 4.